The number of halogens is 3. The number of carbonyl (C=O) groups excluding carboxylic acids is 1. The molecule has 0 spiro atoms. The van der Waals surface area contributed by atoms with E-state index in [1.165, 1.54) is 25.3 Å². The molecule has 0 atom stereocenters. The normalized spacial score (nSPS) is 10.8. The van der Waals surface area contributed by atoms with Crippen molar-refractivity contribution in [1.29, 1.82) is 0 Å². The van der Waals surface area contributed by atoms with Gasteiger partial charge in [-0.2, -0.15) is 0 Å². The van der Waals surface area contributed by atoms with Gasteiger partial charge in [-0.25, -0.2) is 8.78 Å². The highest BCUT2D eigenvalue weighted by molar-refractivity contribution is 9.10. The van der Waals surface area contributed by atoms with Crippen LogP contribution in [0, 0.1) is 11.6 Å². The monoisotopic (exact) mass is 397 g/mol. The van der Waals surface area contributed by atoms with Crippen LogP contribution in [-0.2, 0) is 0 Å². The molecule has 0 aliphatic rings. The van der Waals surface area contributed by atoms with Crippen molar-refractivity contribution >= 4 is 48.9 Å². The minimum Gasteiger partial charge on any atom is -0.493 e. The second kappa shape index (κ2) is 6.25. The van der Waals surface area contributed by atoms with E-state index in [9.17, 15) is 13.6 Å². The van der Waals surface area contributed by atoms with Crippen molar-refractivity contribution in [3.05, 3.63) is 57.4 Å². The SMILES string of the molecule is COc1c(Br)cc(F)cc1NC(=O)c1cc2c(F)cccc2s1. The Hall–Kier alpha value is -1.99. The molecule has 3 rings (SSSR count). The first-order valence-corrected chi connectivity index (χ1v) is 8.13. The topological polar surface area (TPSA) is 38.3 Å². The summed E-state index contributed by atoms with van der Waals surface area (Å²) in [5, 5.41) is 2.98. The number of hydrogen-bond donors (Lipinski definition) is 1. The van der Waals surface area contributed by atoms with E-state index in [4.69, 9.17) is 4.74 Å². The van der Waals surface area contributed by atoms with Crippen molar-refractivity contribution < 1.29 is 18.3 Å². The average molecular weight is 398 g/mol. The molecule has 0 saturated carbocycles. The molecule has 1 aromatic heterocycles. The molecule has 1 amide bonds. The number of nitrogens with one attached hydrogen (secondary N) is 1. The minimum absolute atomic E-state index is 0.197. The fraction of sp³-hybridized carbons (Fsp3) is 0.0625. The molecule has 0 aliphatic heterocycles. The lowest BCUT2D eigenvalue weighted by molar-refractivity contribution is 0.103. The molecular weight excluding hydrogens is 388 g/mol. The van der Waals surface area contributed by atoms with E-state index in [-0.39, 0.29) is 11.5 Å². The third kappa shape index (κ3) is 3.07. The number of rotatable bonds is 3. The van der Waals surface area contributed by atoms with Crippen molar-refractivity contribution in [1.82, 2.24) is 0 Å². The number of thiophene rings is 1. The van der Waals surface area contributed by atoms with Gasteiger partial charge < -0.3 is 10.1 Å². The van der Waals surface area contributed by atoms with Crippen LogP contribution in [0.3, 0.4) is 0 Å². The van der Waals surface area contributed by atoms with Crippen LogP contribution in [-0.4, -0.2) is 13.0 Å². The summed E-state index contributed by atoms with van der Waals surface area (Å²) in [6.45, 7) is 0. The molecule has 0 saturated heterocycles. The third-order valence-electron chi connectivity index (χ3n) is 3.19. The number of fused-ring (bicyclic) bond motifs is 1. The molecule has 2 aromatic carbocycles. The third-order valence-corrected chi connectivity index (χ3v) is 4.88. The van der Waals surface area contributed by atoms with Gasteiger partial charge in [0.15, 0.2) is 5.75 Å². The van der Waals surface area contributed by atoms with Gasteiger partial charge in [-0.05, 0) is 40.2 Å². The van der Waals surface area contributed by atoms with Gasteiger partial charge in [-0.15, -0.1) is 11.3 Å². The van der Waals surface area contributed by atoms with Gasteiger partial charge in [0.05, 0.1) is 22.1 Å². The second-order valence-corrected chi connectivity index (χ2v) is 6.62. The predicted octanol–water partition coefficient (Wildman–Crippen LogP) is 5.20. The number of methoxy groups -OCH3 is 1. The first-order chi connectivity index (χ1) is 11.0. The standard InChI is InChI=1S/C16H10BrF2NO2S/c1-22-15-10(17)5-8(18)6-12(15)20-16(21)14-7-9-11(19)3-2-4-13(9)23-14/h2-7H,1H3,(H,20,21). The summed E-state index contributed by atoms with van der Waals surface area (Å²) in [6.07, 6.45) is 0. The molecule has 0 bridgehead atoms. The van der Waals surface area contributed by atoms with E-state index in [1.54, 1.807) is 12.1 Å². The Kier molecular flexibility index (Phi) is 4.32. The van der Waals surface area contributed by atoms with Crippen molar-refractivity contribution in [2.24, 2.45) is 0 Å². The summed E-state index contributed by atoms with van der Waals surface area (Å²) in [7, 11) is 1.42. The Labute approximate surface area is 143 Å². The van der Waals surface area contributed by atoms with Gasteiger partial charge in [0.1, 0.15) is 11.6 Å². The van der Waals surface area contributed by atoms with Crippen LogP contribution in [0.1, 0.15) is 9.67 Å². The van der Waals surface area contributed by atoms with E-state index in [1.807, 2.05) is 0 Å². The summed E-state index contributed by atoms with van der Waals surface area (Å²) in [6, 6.07) is 8.54. The van der Waals surface area contributed by atoms with Crippen molar-refractivity contribution in [3.8, 4) is 5.75 Å². The average Bonchev–Trinajstić information content (AvgIpc) is 2.92. The molecule has 0 fully saturated rings. The number of ether oxygens (including phenoxy) is 1. The summed E-state index contributed by atoms with van der Waals surface area (Å²) >= 11 is 4.34. The number of hydrogen-bond acceptors (Lipinski definition) is 3. The lowest BCUT2D eigenvalue weighted by atomic mass is 10.2. The van der Waals surface area contributed by atoms with E-state index < -0.39 is 11.7 Å². The van der Waals surface area contributed by atoms with Gasteiger partial charge in [0.2, 0.25) is 0 Å². The predicted molar refractivity (Wildman–Crippen MR) is 90.4 cm³/mol. The molecule has 23 heavy (non-hydrogen) atoms. The highest BCUT2D eigenvalue weighted by atomic mass is 79.9. The van der Waals surface area contributed by atoms with Crippen molar-refractivity contribution in [2.45, 2.75) is 0 Å². The fourth-order valence-electron chi connectivity index (χ4n) is 2.18. The number of amides is 1. The maximum Gasteiger partial charge on any atom is 0.265 e. The Bertz CT molecular complexity index is 910. The smallest absolute Gasteiger partial charge is 0.265 e. The van der Waals surface area contributed by atoms with Crippen LogP contribution in [0.25, 0.3) is 10.1 Å². The van der Waals surface area contributed by atoms with Crippen LogP contribution in [0.4, 0.5) is 14.5 Å². The Morgan fingerprint density at radius 2 is 2.04 bits per heavy atom. The molecule has 0 unspecified atom stereocenters. The quantitative estimate of drug-likeness (QED) is 0.659. The zero-order valence-electron chi connectivity index (χ0n) is 11.8. The molecule has 3 aromatic rings. The number of anilines is 1. The summed E-state index contributed by atoms with van der Waals surface area (Å²) in [5.74, 6) is -1.05. The van der Waals surface area contributed by atoms with Gasteiger partial charge >= 0.3 is 0 Å². The molecule has 1 heterocycles. The molecule has 3 nitrogen and oxygen atoms in total. The van der Waals surface area contributed by atoms with Crippen molar-refractivity contribution in [2.75, 3.05) is 12.4 Å². The van der Waals surface area contributed by atoms with E-state index in [2.05, 4.69) is 21.2 Å². The van der Waals surface area contributed by atoms with E-state index in [0.717, 1.165) is 17.4 Å². The molecule has 0 aliphatic carbocycles. The van der Waals surface area contributed by atoms with E-state index in [0.29, 0.717) is 25.2 Å². The first-order valence-electron chi connectivity index (χ1n) is 6.52. The Balaban J connectivity index is 1.96. The van der Waals surface area contributed by atoms with Gasteiger partial charge in [0.25, 0.3) is 5.91 Å². The largest absolute Gasteiger partial charge is 0.493 e. The van der Waals surface area contributed by atoms with Crippen LogP contribution in [0.2, 0.25) is 0 Å². The Morgan fingerprint density at radius 1 is 1.26 bits per heavy atom. The van der Waals surface area contributed by atoms with Gasteiger partial charge in [-0.3, -0.25) is 4.79 Å². The fourth-order valence-corrected chi connectivity index (χ4v) is 3.75. The lowest BCUT2D eigenvalue weighted by Gasteiger charge is -2.11. The summed E-state index contributed by atoms with van der Waals surface area (Å²) in [5.41, 5.74) is 0.197. The zero-order valence-corrected chi connectivity index (χ0v) is 14.2. The van der Waals surface area contributed by atoms with Crippen LogP contribution in [0.5, 0.6) is 5.75 Å². The van der Waals surface area contributed by atoms with Crippen LogP contribution < -0.4 is 10.1 Å². The maximum absolute atomic E-state index is 13.7. The first kappa shape index (κ1) is 15.9. The molecule has 118 valence electrons. The highest BCUT2D eigenvalue weighted by Crippen LogP contribution is 2.35. The second-order valence-electron chi connectivity index (χ2n) is 4.68. The number of carbonyl (C=O) groups is 1. The van der Waals surface area contributed by atoms with Crippen LogP contribution in [0.15, 0.2) is 40.9 Å². The summed E-state index contributed by atoms with van der Waals surface area (Å²) in [4.78, 5) is 12.7. The van der Waals surface area contributed by atoms with Gasteiger partial charge in [0, 0.05) is 16.2 Å². The molecule has 0 radical (unpaired) electrons. The maximum atomic E-state index is 13.7. The molecule has 1 N–H and O–H groups in total. The van der Waals surface area contributed by atoms with Crippen LogP contribution >= 0.6 is 27.3 Å². The zero-order chi connectivity index (χ0) is 16.6. The summed E-state index contributed by atoms with van der Waals surface area (Å²) < 4.78 is 33.5. The molecular formula is C16H10BrF2NO2S. The highest BCUT2D eigenvalue weighted by Gasteiger charge is 2.16. The van der Waals surface area contributed by atoms with Gasteiger partial charge in [-0.1, -0.05) is 6.07 Å². The Morgan fingerprint density at radius 3 is 2.74 bits per heavy atom. The van der Waals surface area contributed by atoms with E-state index >= 15 is 0 Å². The number of benzene rings is 2. The minimum atomic E-state index is -0.518. The molecule has 7 heteroatoms. The van der Waals surface area contributed by atoms with Crippen molar-refractivity contribution in [3.63, 3.8) is 0 Å². The lowest BCUT2D eigenvalue weighted by Crippen LogP contribution is -2.11.